The second-order valence-corrected chi connectivity index (χ2v) is 5.84. The highest BCUT2D eigenvalue weighted by atomic mass is 32.2. The van der Waals surface area contributed by atoms with Gasteiger partial charge in [0.25, 0.3) is 0 Å². The molecule has 0 radical (unpaired) electrons. The van der Waals surface area contributed by atoms with E-state index >= 15 is 0 Å². The van der Waals surface area contributed by atoms with Crippen LogP contribution in [0, 0.1) is 0 Å². The molecule has 0 unspecified atom stereocenters. The fourth-order valence-corrected chi connectivity index (χ4v) is 3.40. The van der Waals surface area contributed by atoms with Crippen molar-refractivity contribution in [1.29, 1.82) is 0 Å². The number of H-pyrrole nitrogens is 1. The number of aromatic amines is 1. The third-order valence-corrected chi connectivity index (χ3v) is 4.31. The highest BCUT2D eigenvalue weighted by Gasteiger charge is 2.06. The van der Waals surface area contributed by atoms with Crippen molar-refractivity contribution in [3.63, 3.8) is 0 Å². The van der Waals surface area contributed by atoms with E-state index in [0.29, 0.717) is 0 Å². The number of aromatic nitrogens is 2. The van der Waals surface area contributed by atoms with Crippen molar-refractivity contribution in [1.82, 2.24) is 9.97 Å². The number of thiophene rings is 1. The van der Waals surface area contributed by atoms with E-state index in [1.165, 1.54) is 11.3 Å². The van der Waals surface area contributed by atoms with Crippen LogP contribution >= 0.6 is 23.1 Å². The van der Waals surface area contributed by atoms with E-state index in [1.54, 1.807) is 11.8 Å². The molecule has 0 aliphatic heterocycles. The first-order valence-corrected chi connectivity index (χ1v) is 6.66. The number of hydrogen-bond donors (Lipinski definition) is 1. The van der Waals surface area contributed by atoms with Crippen molar-refractivity contribution in [2.24, 2.45) is 0 Å². The standard InChI is InChI=1S/C12H8N2OS2/c15-7-8-5-6-11(16-8)17-12-13-9-3-1-2-4-10(9)14-12/h1-7H,(H,13,14). The average molecular weight is 260 g/mol. The minimum Gasteiger partial charge on any atom is -0.333 e. The van der Waals surface area contributed by atoms with Crippen molar-refractivity contribution in [3.05, 3.63) is 41.3 Å². The second kappa shape index (κ2) is 4.35. The number of hydrogen-bond acceptors (Lipinski definition) is 4. The summed E-state index contributed by atoms with van der Waals surface area (Å²) in [5.74, 6) is 0. The first-order valence-electron chi connectivity index (χ1n) is 5.03. The van der Waals surface area contributed by atoms with E-state index < -0.39 is 0 Å². The summed E-state index contributed by atoms with van der Waals surface area (Å²) in [6.45, 7) is 0. The van der Waals surface area contributed by atoms with Gasteiger partial charge in [-0.3, -0.25) is 4.79 Å². The topological polar surface area (TPSA) is 45.8 Å². The fourth-order valence-electron chi connectivity index (χ4n) is 1.53. The van der Waals surface area contributed by atoms with Gasteiger partial charge in [0.05, 0.1) is 20.1 Å². The van der Waals surface area contributed by atoms with Gasteiger partial charge >= 0.3 is 0 Å². The Kier molecular flexibility index (Phi) is 2.70. The molecule has 3 aromatic rings. The molecule has 2 aromatic heterocycles. The van der Waals surface area contributed by atoms with Gasteiger partial charge in [-0.1, -0.05) is 12.1 Å². The van der Waals surface area contributed by atoms with Crippen molar-refractivity contribution in [2.75, 3.05) is 0 Å². The van der Waals surface area contributed by atoms with E-state index in [1.807, 2.05) is 36.4 Å². The Hall–Kier alpha value is -1.59. The average Bonchev–Trinajstić information content (AvgIpc) is 2.94. The number of rotatable bonds is 3. The van der Waals surface area contributed by atoms with Crippen LogP contribution in [0.1, 0.15) is 9.67 Å². The summed E-state index contributed by atoms with van der Waals surface area (Å²) in [6, 6.07) is 11.7. The zero-order valence-corrected chi connectivity index (χ0v) is 10.3. The quantitative estimate of drug-likeness (QED) is 0.732. The number of aldehydes is 1. The van der Waals surface area contributed by atoms with E-state index in [0.717, 1.165) is 31.6 Å². The van der Waals surface area contributed by atoms with Gasteiger partial charge in [0.15, 0.2) is 11.4 Å². The Morgan fingerprint density at radius 3 is 2.88 bits per heavy atom. The van der Waals surface area contributed by atoms with Crippen molar-refractivity contribution in [2.45, 2.75) is 9.37 Å². The number of nitrogens with one attached hydrogen (secondary N) is 1. The smallest absolute Gasteiger partial charge is 0.172 e. The summed E-state index contributed by atoms with van der Waals surface area (Å²) in [5.41, 5.74) is 1.99. The van der Waals surface area contributed by atoms with Crippen LogP contribution in [0.2, 0.25) is 0 Å². The maximum absolute atomic E-state index is 10.6. The molecule has 17 heavy (non-hydrogen) atoms. The molecule has 0 saturated heterocycles. The highest BCUT2D eigenvalue weighted by molar-refractivity contribution is 8.01. The molecule has 0 amide bonds. The van der Waals surface area contributed by atoms with Crippen molar-refractivity contribution < 1.29 is 4.79 Å². The van der Waals surface area contributed by atoms with E-state index in [9.17, 15) is 4.79 Å². The lowest BCUT2D eigenvalue weighted by atomic mass is 10.3. The van der Waals surface area contributed by atoms with Gasteiger partial charge in [-0.05, 0) is 36.0 Å². The van der Waals surface area contributed by atoms with Crippen LogP contribution in [0.15, 0.2) is 45.8 Å². The summed E-state index contributed by atoms with van der Waals surface area (Å²) in [4.78, 5) is 19.0. The number of fused-ring (bicyclic) bond motifs is 1. The van der Waals surface area contributed by atoms with E-state index in [-0.39, 0.29) is 0 Å². The number of para-hydroxylation sites is 2. The van der Waals surface area contributed by atoms with Crippen LogP contribution in [0.3, 0.4) is 0 Å². The first kappa shape index (κ1) is 10.6. The van der Waals surface area contributed by atoms with E-state index in [4.69, 9.17) is 0 Å². The minimum atomic E-state index is 0.739. The predicted molar refractivity (Wildman–Crippen MR) is 69.9 cm³/mol. The Morgan fingerprint density at radius 1 is 1.24 bits per heavy atom. The summed E-state index contributed by atoms with van der Waals surface area (Å²) in [6.07, 6.45) is 0.868. The van der Waals surface area contributed by atoms with Crippen LogP contribution in [-0.4, -0.2) is 16.3 Å². The van der Waals surface area contributed by atoms with Crippen LogP contribution in [0.5, 0.6) is 0 Å². The van der Waals surface area contributed by atoms with Crippen LogP contribution in [-0.2, 0) is 0 Å². The second-order valence-electron chi connectivity index (χ2n) is 3.44. The molecule has 0 bridgehead atoms. The summed E-state index contributed by atoms with van der Waals surface area (Å²) < 4.78 is 1.06. The lowest BCUT2D eigenvalue weighted by Gasteiger charge is -1.90. The predicted octanol–water partition coefficient (Wildman–Crippen LogP) is 3.59. The molecular weight excluding hydrogens is 252 g/mol. The Bertz CT molecular complexity index is 639. The van der Waals surface area contributed by atoms with Gasteiger partial charge in [-0.15, -0.1) is 11.3 Å². The zero-order chi connectivity index (χ0) is 11.7. The minimum absolute atomic E-state index is 0.739. The van der Waals surface area contributed by atoms with Crippen molar-refractivity contribution >= 4 is 40.4 Å². The first-order chi connectivity index (χ1) is 8.35. The molecule has 3 nitrogen and oxygen atoms in total. The molecule has 0 aliphatic carbocycles. The lowest BCUT2D eigenvalue weighted by molar-refractivity contribution is 0.112. The molecular formula is C12H8N2OS2. The molecule has 1 N–H and O–H groups in total. The van der Waals surface area contributed by atoms with Gasteiger partial charge in [-0.2, -0.15) is 0 Å². The Balaban J connectivity index is 1.91. The number of imidazole rings is 1. The van der Waals surface area contributed by atoms with Crippen LogP contribution in [0.4, 0.5) is 0 Å². The van der Waals surface area contributed by atoms with Crippen molar-refractivity contribution in [3.8, 4) is 0 Å². The molecule has 1 aromatic carbocycles. The summed E-state index contributed by atoms with van der Waals surface area (Å²) >= 11 is 3.02. The normalized spacial score (nSPS) is 10.8. The maximum Gasteiger partial charge on any atom is 0.172 e. The molecule has 3 rings (SSSR count). The molecule has 0 aliphatic rings. The summed E-state index contributed by atoms with van der Waals surface area (Å²) in [5, 5.41) is 0.852. The SMILES string of the molecule is O=Cc1ccc(Sc2nc3ccccc3[nH]2)s1. The molecule has 0 atom stereocenters. The zero-order valence-electron chi connectivity index (χ0n) is 8.71. The van der Waals surface area contributed by atoms with Gasteiger partial charge < -0.3 is 4.98 Å². The van der Waals surface area contributed by atoms with Gasteiger partial charge in [0, 0.05) is 0 Å². The Morgan fingerprint density at radius 2 is 2.12 bits per heavy atom. The molecule has 0 saturated carbocycles. The third kappa shape index (κ3) is 2.11. The molecule has 5 heteroatoms. The lowest BCUT2D eigenvalue weighted by Crippen LogP contribution is -1.70. The van der Waals surface area contributed by atoms with Crippen LogP contribution in [0.25, 0.3) is 11.0 Å². The van der Waals surface area contributed by atoms with Crippen LogP contribution < -0.4 is 0 Å². The molecule has 0 spiro atoms. The largest absolute Gasteiger partial charge is 0.333 e. The monoisotopic (exact) mass is 260 g/mol. The number of benzene rings is 1. The van der Waals surface area contributed by atoms with Gasteiger partial charge in [0.1, 0.15) is 0 Å². The number of carbonyl (C=O) groups is 1. The highest BCUT2D eigenvalue weighted by Crippen LogP contribution is 2.32. The number of carbonyl (C=O) groups excluding carboxylic acids is 1. The molecule has 84 valence electrons. The van der Waals surface area contributed by atoms with Gasteiger partial charge in [-0.25, -0.2) is 4.98 Å². The maximum atomic E-state index is 10.6. The summed E-state index contributed by atoms with van der Waals surface area (Å²) in [7, 11) is 0. The molecule has 2 heterocycles. The van der Waals surface area contributed by atoms with Gasteiger partial charge in [0.2, 0.25) is 0 Å². The molecule has 0 fully saturated rings. The van der Waals surface area contributed by atoms with E-state index in [2.05, 4.69) is 9.97 Å². The number of nitrogens with zero attached hydrogens (tertiary/aromatic N) is 1. The fraction of sp³-hybridized carbons (Fsp3) is 0. The Labute approximate surface area is 106 Å². The third-order valence-electron chi connectivity index (χ3n) is 2.28.